The van der Waals surface area contributed by atoms with Crippen molar-refractivity contribution >= 4 is 5.91 Å². The summed E-state index contributed by atoms with van der Waals surface area (Å²) in [6.45, 7) is 3.64. The maximum atomic E-state index is 11.5. The average molecular weight is 200 g/mol. The number of hydrogen-bond donors (Lipinski definition) is 1. The van der Waals surface area contributed by atoms with Crippen LogP contribution in [0.2, 0.25) is 0 Å². The van der Waals surface area contributed by atoms with Gasteiger partial charge in [0.2, 0.25) is 5.91 Å². The van der Waals surface area contributed by atoms with E-state index in [4.69, 9.17) is 0 Å². The molecule has 1 heterocycles. The zero-order valence-electron chi connectivity index (χ0n) is 9.23. The molecule has 14 heavy (non-hydrogen) atoms. The Hall–Kier alpha value is -0.610. The van der Waals surface area contributed by atoms with E-state index in [1.54, 1.807) is 19.0 Å². The molecule has 0 spiro atoms. The van der Waals surface area contributed by atoms with Crippen molar-refractivity contribution in [1.29, 1.82) is 0 Å². The summed E-state index contributed by atoms with van der Waals surface area (Å²) in [5, 5.41) is 9.19. The minimum absolute atomic E-state index is 0.109. The third kappa shape index (κ3) is 2.45. The van der Waals surface area contributed by atoms with Gasteiger partial charge in [0.15, 0.2) is 0 Å². The molecule has 0 aromatic heterocycles. The van der Waals surface area contributed by atoms with Crippen LogP contribution in [0.1, 0.15) is 13.3 Å². The van der Waals surface area contributed by atoms with E-state index in [1.807, 2.05) is 0 Å². The second-order valence-corrected chi connectivity index (χ2v) is 4.27. The van der Waals surface area contributed by atoms with Gasteiger partial charge in [-0.1, -0.05) is 6.92 Å². The molecule has 82 valence electrons. The first-order valence-corrected chi connectivity index (χ1v) is 5.11. The van der Waals surface area contributed by atoms with Crippen molar-refractivity contribution < 1.29 is 9.90 Å². The summed E-state index contributed by atoms with van der Waals surface area (Å²) in [6.07, 6.45) is 1.08. The lowest BCUT2D eigenvalue weighted by atomic mass is 10.0. The van der Waals surface area contributed by atoms with Gasteiger partial charge in [-0.15, -0.1) is 0 Å². The van der Waals surface area contributed by atoms with Crippen molar-refractivity contribution in [2.45, 2.75) is 19.4 Å². The van der Waals surface area contributed by atoms with E-state index >= 15 is 0 Å². The number of nitrogens with zero attached hydrogens (tertiary/aromatic N) is 2. The van der Waals surface area contributed by atoms with Gasteiger partial charge in [0, 0.05) is 20.1 Å². The molecule has 0 aromatic rings. The van der Waals surface area contributed by atoms with Crippen LogP contribution in [-0.2, 0) is 4.79 Å². The van der Waals surface area contributed by atoms with Crippen LogP contribution >= 0.6 is 0 Å². The predicted octanol–water partition coefficient (Wildman–Crippen LogP) is -0.223. The minimum Gasteiger partial charge on any atom is -0.395 e. The Bertz CT molecular complexity index is 206. The number of carbonyl (C=O) groups excluding carboxylic acids is 1. The fourth-order valence-corrected chi connectivity index (χ4v) is 1.89. The molecular formula is C10H20N2O2. The zero-order valence-corrected chi connectivity index (χ0v) is 9.23. The SMILES string of the molecule is CC1CCN(CC(=O)N(C)C)C1CO. The van der Waals surface area contributed by atoms with Crippen molar-refractivity contribution in [2.75, 3.05) is 33.8 Å². The van der Waals surface area contributed by atoms with Crippen molar-refractivity contribution in [3.05, 3.63) is 0 Å². The number of aliphatic hydroxyl groups is 1. The standard InChI is InChI=1S/C10H20N2O2/c1-8-4-5-12(9(8)7-13)6-10(14)11(2)3/h8-9,13H,4-7H2,1-3H3. The molecule has 0 saturated carbocycles. The highest BCUT2D eigenvalue weighted by molar-refractivity contribution is 5.77. The fraction of sp³-hybridized carbons (Fsp3) is 0.900. The highest BCUT2D eigenvalue weighted by Gasteiger charge is 2.31. The van der Waals surface area contributed by atoms with Crippen LogP contribution in [0.25, 0.3) is 0 Å². The van der Waals surface area contributed by atoms with E-state index in [-0.39, 0.29) is 18.6 Å². The molecule has 1 saturated heterocycles. The zero-order chi connectivity index (χ0) is 10.7. The lowest BCUT2D eigenvalue weighted by molar-refractivity contribution is -0.130. The summed E-state index contributed by atoms with van der Waals surface area (Å²) in [5.74, 6) is 0.604. The number of likely N-dealkylation sites (tertiary alicyclic amines) is 1. The summed E-state index contributed by atoms with van der Waals surface area (Å²) >= 11 is 0. The quantitative estimate of drug-likeness (QED) is 0.685. The molecule has 0 aromatic carbocycles. The first-order valence-electron chi connectivity index (χ1n) is 5.11. The maximum Gasteiger partial charge on any atom is 0.236 e. The van der Waals surface area contributed by atoms with Crippen LogP contribution in [0, 0.1) is 5.92 Å². The Kier molecular flexibility index (Phi) is 3.89. The van der Waals surface area contributed by atoms with E-state index in [9.17, 15) is 9.90 Å². The first kappa shape index (κ1) is 11.5. The predicted molar refractivity (Wildman–Crippen MR) is 54.9 cm³/mol. The lowest BCUT2D eigenvalue weighted by Crippen LogP contribution is -2.42. The molecule has 1 amide bonds. The second-order valence-electron chi connectivity index (χ2n) is 4.27. The topological polar surface area (TPSA) is 43.8 Å². The van der Waals surface area contributed by atoms with Crippen LogP contribution in [0.15, 0.2) is 0 Å². The number of likely N-dealkylation sites (N-methyl/N-ethyl adjacent to an activating group) is 1. The average Bonchev–Trinajstić information content (AvgIpc) is 2.46. The van der Waals surface area contributed by atoms with Gasteiger partial charge in [-0.05, 0) is 18.9 Å². The molecule has 4 nitrogen and oxygen atoms in total. The van der Waals surface area contributed by atoms with Gasteiger partial charge >= 0.3 is 0 Å². The van der Waals surface area contributed by atoms with Crippen LogP contribution < -0.4 is 0 Å². The Labute approximate surface area is 85.5 Å². The molecule has 2 unspecified atom stereocenters. The molecule has 0 aliphatic carbocycles. The Morgan fingerprint density at radius 1 is 1.57 bits per heavy atom. The minimum atomic E-state index is 0.109. The third-order valence-corrected chi connectivity index (χ3v) is 3.02. The molecule has 0 bridgehead atoms. The van der Waals surface area contributed by atoms with Gasteiger partial charge in [0.05, 0.1) is 13.2 Å². The molecule has 1 N–H and O–H groups in total. The Morgan fingerprint density at radius 2 is 2.21 bits per heavy atom. The van der Waals surface area contributed by atoms with Crippen molar-refractivity contribution in [1.82, 2.24) is 9.80 Å². The van der Waals surface area contributed by atoms with Gasteiger partial charge in [-0.3, -0.25) is 9.69 Å². The number of aliphatic hydroxyl groups excluding tert-OH is 1. The Morgan fingerprint density at radius 3 is 2.71 bits per heavy atom. The van der Waals surface area contributed by atoms with E-state index < -0.39 is 0 Å². The van der Waals surface area contributed by atoms with Crippen molar-refractivity contribution in [3.8, 4) is 0 Å². The molecular weight excluding hydrogens is 180 g/mol. The Balaban J connectivity index is 2.48. The molecule has 1 aliphatic heterocycles. The van der Waals surface area contributed by atoms with Crippen LogP contribution in [-0.4, -0.2) is 60.6 Å². The second kappa shape index (κ2) is 4.75. The smallest absolute Gasteiger partial charge is 0.236 e. The summed E-state index contributed by atoms with van der Waals surface area (Å²) < 4.78 is 0. The summed E-state index contributed by atoms with van der Waals surface area (Å²) in [7, 11) is 3.52. The summed E-state index contributed by atoms with van der Waals surface area (Å²) in [5.41, 5.74) is 0. The van der Waals surface area contributed by atoms with Crippen LogP contribution in [0.3, 0.4) is 0 Å². The van der Waals surface area contributed by atoms with Crippen LogP contribution in [0.4, 0.5) is 0 Å². The highest BCUT2D eigenvalue weighted by Crippen LogP contribution is 2.22. The monoisotopic (exact) mass is 200 g/mol. The maximum absolute atomic E-state index is 11.5. The summed E-state index contributed by atoms with van der Waals surface area (Å²) in [4.78, 5) is 15.1. The molecule has 1 aliphatic rings. The van der Waals surface area contributed by atoms with E-state index in [0.29, 0.717) is 12.5 Å². The van der Waals surface area contributed by atoms with Gasteiger partial charge in [-0.25, -0.2) is 0 Å². The van der Waals surface area contributed by atoms with Gasteiger partial charge in [0.25, 0.3) is 0 Å². The van der Waals surface area contributed by atoms with Gasteiger partial charge in [-0.2, -0.15) is 0 Å². The molecule has 4 heteroatoms. The third-order valence-electron chi connectivity index (χ3n) is 3.02. The highest BCUT2D eigenvalue weighted by atomic mass is 16.3. The van der Waals surface area contributed by atoms with Crippen molar-refractivity contribution in [3.63, 3.8) is 0 Å². The molecule has 0 radical (unpaired) electrons. The fourth-order valence-electron chi connectivity index (χ4n) is 1.89. The number of rotatable bonds is 3. The first-order chi connectivity index (χ1) is 6.56. The van der Waals surface area contributed by atoms with Crippen molar-refractivity contribution in [2.24, 2.45) is 5.92 Å². The van der Waals surface area contributed by atoms with E-state index in [2.05, 4.69) is 11.8 Å². The number of amides is 1. The molecule has 1 fully saturated rings. The van der Waals surface area contributed by atoms with E-state index in [1.165, 1.54) is 0 Å². The largest absolute Gasteiger partial charge is 0.395 e. The van der Waals surface area contributed by atoms with Crippen LogP contribution in [0.5, 0.6) is 0 Å². The van der Waals surface area contributed by atoms with E-state index in [0.717, 1.165) is 13.0 Å². The molecule has 2 atom stereocenters. The van der Waals surface area contributed by atoms with Gasteiger partial charge < -0.3 is 10.0 Å². The van der Waals surface area contributed by atoms with Gasteiger partial charge in [0.1, 0.15) is 0 Å². The number of carbonyl (C=O) groups is 1. The molecule has 1 rings (SSSR count). The normalized spacial score (nSPS) is 28.0. The lowest BCUT2D eigenvalue weighted by Gasteiger charge is -2.25. The number of hydrogen-bond acceptors (Lipinski definition) is 3. The summed E-state index contributed by atoms with van der Waals surface area (Å²) in [6, 6.07) is 0.166.